The van der Waals surface area contributed by atoms with Gasteiger partial charge in [0.15, 0.2) is 5.82 Å². The number of piperazine rings is 1. The quantitative estimate of drug-likeness (QED) is 0.556. The second kappa shape index (κ2) is 9.66. The molecule has 1 N–H and O–H groups in total. The standard InChI is InChI=1S/C26H34N8O4/c1-16-13-32-15-20(29-23(37-6)22(32)28-16)30-24(35)34-10-8-18-19(7-9-27-21(18)34)31-11-12-33(17(2)14-31)25(36)38-26(3,4)5/h7,9,13,15,17H,8,10-12,14H2,1-6H3,(H,30,35)/t17-/m1/s1. The highest BCUT2D eigenvalue weighted by atomic mass is 16.6. The first-order valence-electron chi connectivity index (χ1n) is 12.8. The number of aryl methyl sites for hydroxylation is 1. The first-order chi connectivity index (χ1) is 18.0. The van der Waals surface area contributed by atoms with Crippen LogP contribution in [0.3, 0.4) is 0 Å². The lowest BCUT2D eigenvalue weighted by atomic mass is 10.1. The number of hydrogen-bond acceptors (Lipinski definition) is 8. The van der Waals surface area contributed by atoms with Gasteiger partial charge in [0.05, 0.1) is 19.0 Å². The molecule has 0 saturated carbocycles. The van der Waals surface area contributed by atoms with Crippen LogP contribution in [0.1, 0.15) is 39.0 Å². The summed E-state index contributed by atoms with van der Waals surface area (Å²) in [7, 11) is 1.52. The van der Waals surface area contributed by atoms with Gasteiger partial charge < -0.3 is 19.3 Å². The van der Waals surface area contributed by atoms with Gasteiger partial charge in [-0.05, 0) is 47.1 Å². The minimum atomic E-state index is -0.534. The van der Waals surface area contributed by atoms with Crippen molar-refractivity contribution in [2.75, 3.05) is 48.4 Å². The van der Waals surface area contributed by atoms with E-state index in [1.54, 1.807) is 26.6 Å². The molecule has 1 fully saturated rings. The lowest BCUT2D eigenvalue weighted by molar-refractivity contribution is 0.0159. The lowest BCUT2D eigenvalue weighted by Gasteiger charge is -2.41. The summed E-state index contributed by atoms with van der Waals surface area (Å²) in [6.45, 7) is 11.9. The molecule has 1 saturated heterocycles. The van der Waals surface area contributed by atoms with Crippen molar-refractivity contribution < 1.29 is 19.1 Å². The zero-order valence-electron chi connectivity index (χ0n) is 22.7. The highest BCUT2D eigenvalue weighted by molar-refractivity contribution is 6.02. The van der Waals surface area contributed by atoms with Gasteiger partial charge in [-0.1, -0.05) is 0 Å². The van der Waals surface area contributed by atoms with E-state index in [2.05, 4.69) is 25.2 Å². The van der Waals surface area contributed by atoms with E-state index in [1.165, 1.54) is 7.11 Å². The second-order valence-electron chi connectivity index (χ2n) is 10.7. The molecule has 1 atom stereocenters. The van der Waals surface area contributed by atoms with Crippen molar-refractivity contribution in [3.63, 3.8) is 0 Å². The summed E-state index contributed by atoms with van der Waals surface area (Å²) >= 11 is 0. The summed E-state index contributed by atoms with van der Waals surface area (Å²) in [6, 6.07) is 1.64. The number of hydrogen-bond donors (Lipinski definition) is 1. The number of pyridine rings is 1. The highest BCUT2D eigenvalue weighted by Crippen LogP contribution is 2.35. The number of nitrogens with zero attached hydrogens (tertiary/aromatic N) is 7. The van der Waals surface area contributed by atoms with Gasteiger partial charge in [-0.3, -0.25) is 14.6 Å². The summed E-state index contributed by atoms with van der Waals surface area (Å²) in [5.74, 6) is 1.32. The molecule has 3 amide bonds. The minimum absolute atomic E-state index is 0.0222. The number of imidazole rings is 1. The molecule has 0 radical (unpaired) electrons. The van der Waals surface area contributed by atoms with Gasteiger partial charge in [0.2, 0.25) is 5.65 Å². The third-order valence-corrected chi connectivity index (χ3v) is 6.65. The van der Waals surface area contributed by atoms with Gasteiger partial charge in [-0.25, -0.2) is 19.6 Å². The van der Waals surface area contributed by atoms with Gasteiger partial charge in [0, 0.05) is 55.9 Å². The van der Waals surface area contributed by atoms with Crippen molar-refractivity contribution in [2.24, 2.45) is 0 Å². The number of amides is 3. The van der Waals surface area contributed by atoms with Crippen LogP contribution >= 0.6 is 0 Å². The molecule has 0 unspecified atom stereocenters. The first-order valence-corrected chi connectivity index (χ1v) is 12.8. The number of nitrogens with one attached hydrogen (secondary N) is 1. The number of urea groups is 1. The van der Waals surface area contributed by atoms with Crippen LogP contribution in [0.25, 0.3) is 5.65 Å². The summed E-state index contributed by atoms with van der Waals surface area (Å²) in [4.78, 5) is 45.0. The van der Waals surface area contributed by atoms with Crippen LogP contribution in [0, 0.1) is 6.92 Å². The molecule has 202 valence electrons. The molecular formula is C26H34N8O4. The first kappa shape index (κ1) is 25.6. The molecule has 5 rings (SSSR count). The van der Waals surface area contributed by atoms with E-state index < -0.39 is 5.60 Å². The Balaban J connectivity index is 1.31. The van der Waals surface area contributed by atoms with Crippen LogP contribution in [0.2, 0.25) is 0 Å². The number of methoxy groups -OCH3 is 1. The molecule has 0 bridgehead atoms. The molecule has 5 heterocycles. The Morgan fingerprint density at radius 1 is 1.13 bits per heavy atom. The van der Waals surface area contributed by atoms with Crippen molar-refractivity contribution in [2.45, 2.75) is 52.7 Å². The fraction of sp³-hybridized carbons (Fsp3) is 0.500. The SMILES string of the molecule is COc1nc(NC(=O)N2CCc3c(N4CCN(C(=O)OC(C)(C)C)[C@H](C)C4)ccnc32)cn2cc(C)nc12. The fourth-order valence-electron chi connectivity index (χ4n) is 5.00. The summed E-state index contributed by atoms with van der Waals surface area (Å²) in [5, 5.41) is 2.88. The molecule has 0 spiro atoms. The Kier molecular flexibility index (Phi) is 6.49. The maximum Gasteiger partial charge on any atom is 0.410 e. The normalized spacial score (nSPS) is 17.5. The van der Waals surface area contributed by atoms with E-state index in [-0.39, 0.29) is 18.2 Å². The smallest absolute Gasteiger partial charge is 0.410 e. The predicted octanol–water partition coefficient (Wildman–Crippen LogP) is 3.48. The number of carbonyl (C=O) groups is 2. The monoisotopic (exact) mass is 522 g/mol. The van der Waals surface area contributed by atoms with E-state index >= 15 is 0 Å². The Labute approximate surface area is 221 Å². The van der Waals surface area contributed by atoms with Crippen LogP contribution in [-0.4, -0.2) is 81.3 Å². The summed E-state index contributed by atoms with van der Waals surface area (Å²) < 4.78 is 12.7. The van der Waals surface area contributed by atoms with E-state index in [9.17, 15) is 9.59 Å². The third-order valence-electron chi connectivity index (χ3n) is 6.65. The maximum absolute atomic E-state index is 13.3. The zero-order chi connectivity index (χ0) is 27.2. The number of ether oxygens (including phenoxy) is 2. The van der Waals surface area contributed by atoms with Gasteiger partial charge in [-0.15, -0.1) is 0 Å². The van der Waals surface area contributed by atoms with Crippen LogP contribution in [0.4, 0.5) is 26.9 Å². The molecule has 12 heteroatoms. The molecule has 2 aliphatic heterocycles. The van der Waals surface area contributed by atoms with E-state index in [0.29, 0.717) is 55.8 Å². The van der Waals surface area contributed by atoms with Gasteiger partial charge in [0.25, 0.3) is 5.88 Å². The van der Waals surface area contributed by atoms with E-state index in [4.69, 9.17) is 9.47 Å². The number of anilines is 3. The van der Waals surface area contributed by atoms with Crippen molar-refractivity contribution in [3.05, 3.63) is 35.9 Å². The zero-order valence-corrected chi connectivity index (χ0v) is 22.7. The number of carbonyl (C=O) groups excluding carboxylic acids is 2. The lowest BCUT2D eigenvalue weighted by Crippen LogP contribution is -2.55. The highest BCUT2D eigenvalue weighted by Gasteiger charge is 2.34. The molecule has 38 heavy (non-hydrogen) atoms. The molecule has 3 aromatic heterocycles. The van der Waals surface area contributed by atoms with E-state index in [1.807, 2.05) is 46.9 Å². The van der Waals surface area contributed by atoms with Gasteiger partial charge >= 0.3 is 12.1 Å². The summed E-state index contributed by atoms with van der Waals surface area (Å²) in [5.41, 5.74) is 2.93. The largest absolute Gasteiger partial charge is 0.478 e. The number of aromatic nitrogens is 4. The Morgan fingerprint density at radius 3 is 2.63 bits per heavy atom. The second-order valence-corrected chi connectivity index (χ2v) is 10.7. The molecule has 0 aromatic carbocycles. The van der Waals surface area contributed by atoms with Crippen LogP contribution in [0.15, 0.2) is 24.7 Å². The molecule has 12 nitrogen and oxygen atoms in total. The summed E-state index contributed by atoms with van der Waals surface area (Å²) in [6.07, 6.45) is 5.68. The Hall–Kier alpha value is -4.09. The molecule has 0 aliphatic carbocycles. The molecular weight excluding hydrogens is 488 g/mol. The average molecular weight is 523 g/mol. The Bertz CT molecular complexity index is 1380. The van der Waals surface area contributed by atoms with Gasteiger partial charge in [-0.2, -0.15) is 4.98 Å². The Morgan fingerprint density at radius 2 is 1.92 bits per heavy atom. The van der Waals surface area contributed by atoms with Crippen LogP contribution in [0.5, 0.6) is 5.88 Å². The third kappa shape index (κ3) is 4.90. The predicted molar refractivity (Wildman–Crippen MR) is 143 cm³/mol. The number of rotatable bonds is 3. The van der Waals surface area contributed by atoms with Crippen LogP contribution < -0.4 is 19.9 Å². The van der Waals surface area contributed by atoms with Gasteiger partial charge in [0.1, 0.15) is 11.4 Å². The molecule has 3 aromatic rings. The maximum atomic E-state index is 13.3. The topological polar surface area (TPSA) is 117 Å². The average Bonchev–Trinajstić information content (AvgIpc) is 3.45. The minimum Gasteiger partial charge on any atom is -0.478 e. The van der Waals surface area contributed by atoms with Crippen molar-refractivity contribution in [1.82, 2.24) is 24.3 Å². The number of fused-ring (bicyclic) bond motifs is 2. The fourth-order valence-corrected chi connectivity index (χ4v) is 5.00. The van der Waals surface area contributed by atoms with Crippen molar-refractivity contribution in [3.8, 4) is 5.88 Å². The molecule has 2 aliphatic rings. The van der Waals surface area contributed by atoms with Crippen LogP contribution in [-0.2, 0) is 11.2 Å². The van der Waals surface area contributed by atoms with E-state index in [0.717, 1.165) is 16.9 Å². The van der Waals surface area contributed by atoms with Crippen molar-refractivity contribution in [1.29, 1.82) is 0 Å². The van der Waals surface area contributed by atoms with Crippen molar-refractivity contribution >= 4 is 35.1 Å².